The third kappa shape index (κ3) is 1.61. The van der Waals surface area contributed by atoms with E-state index in [0.717, 1.165) is 5.69 Å². The van der Waals surface area contributed by atoms with E-state index >= 15 is 0 Å². The number of aryl methyl sites for hydroxylation is 1. The third-order valence-corrected chi connectivity index (χ3v) is 1.41. The van der Waals surface area contributed by atoms with Crippen LogP contribution in [0.5, 0.6) is 0 Å². The molecule has 54 valence electrons. The predicted octanol–water partition coefficient (Wildman–Crippen LogP) is 1.67. The number of halogens is 1. The van der Waals surface area contributed by atoms with Crippen LogP contribution in [0, 0.1) is 0 Å². The molecule has 0 bridgehead atoms. The van der Waals surface area contributed by atoms with Gasteiger partial charge in [0.15, 0.2) is 0 Å². The second kappa shape index (κ2) is 3.42. The summed E-state index contributed by atoms with van der Waals surface area (Å²) in [7, 11) is 1.90. The molecule has 0 amide bonds. The molecule has 0 saturated heterocycles. The minimum atomic E-state index is 0.547. The maximum absolute atomic E-state index is 5.45. The Morgan fingerprint density at radius 1 is 1.80 bits per heavy atom. The quantitative estimate of drug-likeness (QED) is 0.596. The maximum atomic E-state index is 5.45. The van der Waals surface area contributed by atoms with Crippen molar-refractivity contribution < 1.29 is 0 Å². The zero-order chi connectivity index (χ0) is 7.40. The molecule has 10 heavy (non-hydrogen) atoms. The lowest BCUT2D eigenvalue weighted by atomic mass is 10.4. The second-order valence-electron chi connectivity index (χ2n) is 1.94. The fourth-order valence-electron chi connectivity index (χ4n) is 0.713. The Labute approximate surface area is 65.1 Å². The van der Waals surface area contributed by atoms with Gasteiger partial charge in [0.25, 0.3) is 0 Å². The number of allylic oxidation sites excluding steroid dienone is 1. The zero-order valence-corrected chi connectivity index (χ0v) is 6.54. The molecule has 0 atom stereocenters. The van der Waals surface area contributed by atoms with Gasteiger partial charge in [-0.05, 0) is 12.1 Å². The third-order valence-electron chi connectivity index (χ3n) is 1.24. The minimum absolute atomic E-state index is 0.547. The standard InChI is InChI=1S/C7H9ClN2/c1-10-7(3-2-5-8)4-6-9-10/h2-4,6H,5H2,1H3/b3-2+. The number of alkyl halides is 1. The first-order valence-electron chi connectivity index (χ1n) is 3.05. The van der Waals surface area contributed by atoms with Gasteiger partial charge in [-0.25, -0.2) is 0 Å². The summed E-state index contributed by atoms with van der Waals surface area (Å²) < 4.78 is 1.79. The number of hydrogen-bond acceptors (Lipinski definition) is 1. The van der Waals surface area contributed by atoms with Crippen LogP contribution in [0.2, 0.25) is 0 Å². The summed E-state index contributed by atoms with van der Waals surface area (Å²) in [6, 6.07) is 1.93. The highest BCUT2D eigenvalue weighted by Crippen LogP contribution is 1.98. The molecule has 0 radical (unpaired) electrons. The topological polar surface area (TPSA) is 17.8 Å². The fraction of sp³-hybridized carbons (Fsp3) is 0.286. The molecule has 0 aliphatic heterocycles. The fourth-order valence-corrected chi connectivity index (χ4v) is 0.802. The van der Waals surface area contributed by atoms with E-state index in [4.69, 9.17) is 11.6 Å². The van der Waals surface area contributed by atoms with Gasteiger partial charge >= 0.3 is 0 Å². The van der Waals surface area contributed by atoms with Crippen LogP contribution in [-0.2, 0) is 7.05 Å². The van der Waals surface area contributed by atoms with Gasteiger partial charge in [-0.1, -0.05) is 6.08 Å². The molecule has 0 unspecified atom stereocenters. The Hall–Kier alpha value is -0.760. The Morgan fingerprint density at radius 2 is 2.60 bits per heavy atom. The predicted molar refractivity (Wildman–Crippen MR) is 43.0 cm³/mol. The number of rotatable bonds is 2. The molecule has 0 saturated carbocycles. The van der Waals surface area contributed by atoms with Gasteiger partial charge in [0, 0.05) is 19.1 Å². The molecule has 1 aromatic heterocycles. The Morgan fingerprint density at radius 3 is 3.10 bits per heavy atom. The van der Waals surface area contributed by atoms with Crippen LogP contribution >= 0.6 is 11.6 Å². The lowest BCUT2D eigenvalue weighted by Crippen LogP contribution is -1.91. The summed E-state index contributed by atoms with van der Waals surface area (Å²) in [6.07, 6.45) is 5.59. The molecule has 0 N–H and O–H groups in total. The van der Waals surface area contributed by atoms with E-state index in [1.807, 2.05) is 25.3 Å². The first kappa shape index (κ1) is 7.35. The van der Waals surface area contributed by atoms with Crippen molar-refractivity contribution in [3.05, 3.63) is 24.0 Å². The van der Waals surface area contributed by atoms with Gasteiger partial charge < -0.3 is 0 Å². The smallest absolute Gasteiger partial charge is 0.0603 e. The SMILES string of the molecule is Cn1nccc1/C=C/CCl. The molecular weight excluding hydrogens is 148 g/mol. The van der Waals surface area contributed by atoms with Crippen molar-refractivity contribution in [3.8, 4) is 0 Å². The summed E-state index contributed by atoms with van der Waals surface area (Å²) in [5.74, 6) is 0.547. The molecule has 1 rings (SSSR count). The average molecular weight is 157 g/mol. The summed E-state index contributed by atoms with van der Waals surface area (Å²) in [6.45, 7) is 0. The molecule has 0 spiro atoms. The van der Waals surface area contributed by atoms with Crippen LogP contribution in [0.25, 0.3) is 6.08 Å². The van der Waals surface area contributed by atoms with E-state index < -0.39 is 0 Å². The van der Waals surface area contributed by atoms with Crippen LogP contribution < -0.4 is 0 Å². The maximum Gasteiger partial charge on any atom is 0.0603 e. The van der Waals surface area contributed by atoms with Crippen LogP contribution in [0.3, 0.4) is 0 Å². The molecule has 0 aliphatic rings. The Kier molecular flexibility index (Phi) is 2.51. The summed E-state index contributed by atoms with van der Waals surface area (Å²) in [5.41, 5.74) is 1.07. The molecule has 1 heterocycles. The van der Waals surface area contributed by atoms with Crippen LogP contribution in [0.15, 0.2) is 18.3 Å². The van der Waals surface area contributed by atoms with Crippen molar-refractivity contribution in [2.45, 2.75) is 0 Å². The first-order valence-corrected chi connectivity index (χ1v) is 3.58. The van der Waals surface area contributed by atoms with Crippen molar-refractivity contribution >= 4 is 17.7 Å². The second-order valence-corrected chi connectivity index (χ2v) is 2.24. The zero-order valence-electron chi connectivity index (χ0n) is 5.79. The highest BCUT2D eigenvalue weighted by Gasteiger charge is 1.89. The van der Waals surface area contributed by atoms with Gasteiger partial charge in [0.05, 0.1) is 5.69 Å². The molecule has 1 aromatic rings. The summed E-state index contributed by atoms with van der Waals surface area (Å²) in [5, 5.41) is 3.99. The van der Waals surface area contributed by atoms with Gasteiger partial charge in [0.2, 0.25) is 0 Å². The highest BCUT2D eigenvalue weighted by molar-refractivity contribution is 6.19. The van der Waals surface area contributed by atoms with Crippen molar-refractivity contribution in [2.24, 2.45) is 7.05 Å². The molecule has 0 aliphatic carbocycles. The van der Waals surface area contributed by atoms with Gasteiger partial charge in [-0.2, -0.15) is 5.10 Å². The monoisotopic (exact) mass is 156 g/mol. The normalized spacial score (nSPS) is 11.0. The van der Waals surface area contributed by atoms with Crippen molar-refractivity contribution in [3.63, 3.8) is 0 Å². The summed E-state index contributed by atoms with van der Waals surface area (Å²) >= 11 is 5.45. The van der Waals surface area contributed by atoms with E-state index in [2.05, 4.69) is 5.10 Å². The summed E-state index contributed by atoms with van der Waals surface area (Å²) in [4.78, 5) is 0. The minimum Gasteiger partial charge on any atom is -0.269 e. The Bertz CT molecular complexity index is 227. The van der Waals surface area contributed by atoms with Crippen LogP contribution in [-0.4, -0.2) is 15.7 Å². The van der Waals surface area contributed by atoms with Crippen LogP contribution in [0.4, 0.5) is 0 Å². The van der Waals surface area contributed by atoms with Gasteiger partial charge in [-0.3, -0.25) is 4.68 Å². The lowest BCUT2D eigenvalue weighted by molar-refractivity contribution is 0.759. The average Bonchev–Trinajstić information content (AvgIpc) is 2.31. The molecule has 0 fully saturated rings. The van der Waals surface area contributed by atoms with Crippen molar-refractivity contribution in [1.82, 2.24) is 9.78 Å². The van der Waals surface area contributed by atoms with Crippen LogP contribution in [0.1, 0.15) is 5.69 Å². The van der Waals surface area contributed by atoms with E-state index in [1.165, 1.54) is 0 Å². The van der Waals surface area contributed by atoms with Crippen molar-refractivity contribution in [1.29, 1.82) is 0 Å². The largest absolute Gasteiger partial charge is 0.269 e. The van der Waals surface area contributed by atoms with E-state index in [1.54, 1.807) is 10.9 Å². The molecule has 3 heteroatoms. The number of nitrogens with zero attached hydrogens (tertiary/aromatic N) is 2. The van der Waals surface area contributed by atoms with Crippen molar-refractivity contribution in [2.75, 3.05) is 5.88 Å². The molecule has 0 aromatic carbocycles. The number of aromatic nitrogens is 2. The number of hydrogen-bond donors (Lipinski definition) is 0. The molecule has 2 nitrogen and oxygen atoms in total. The lowest BCUT2D eigenvalue weighted by Gasteiger charge is -1.91. The highest BCUT2D eigenvalue weighted by atomic mass is 35.5. The Balaban J connectivity index is 2.74. The van der Waals surface area contributed by atoms with Gasteiger partial charge in [-0.15, -0.1) is 11.6 Å². The van der Waals surface area contributed by atoms with E-state index in [0.29, 0.717) is 5.88 Å². The molecular formula is C7H9ClN2. The van der Waals surface area contributed by atoms with E-state index in [9.17, 15) is 0 Å². The van der Waals surface area contributed by atoms with Gasteiger partial charge in [0.1, 0.15) is 0 Å². The van der Waals surface area contributed by atoms with E-state index in [-0.39, 0.29) is 0 Å². The first-order chi connectivity index (χ1) is 4.84.